The molecule has 0 amide bonds. The first-order valence-corrected chi connectivity index (χ1v) is 13.2. The number of hydrogen-bond acceptors (Lipinski definition) is 5. The molecule has 0 saturated heterocycles. The number of aliphatic hydroxyl groups is 3. The highest BCUT2D eigenvalue weighted by Crippen LogP contribution is 2.73. The van der Waals surface area contributed by atoms with Crippen LogP contribution in [0.4, 0.5) is 0 Å². The quantitative estimate of drug-likeness (QED) is 0.546. The van der Waals surface area contributed by atoms with Crippen LogP contribution in [0.25, 0.3) is 0 Å². The molecule has 4 rings (SSSR count). The van der Waals surface area contributed by atoms with Crippen LogP contribution in [-0.4, -0.2) is 45.7 Å². The van der Waals surface area contributed by atoms with Crippen molar-refractivity contribution in [3.05, 3.63) is 22.8 Å². The molecule has 0 radical (unpaired) electrons. The van der Waals surface area contributed by atoms with Gasteiger partial charge in [-0.1, -0.05) is 39.3 Å². The summed E-state index contributed by atoms with van der Waals surface area (Å²) in [5.41, 5.74) is 2.00. The highest BCUT2D eigenvalue weighted by atomic mass is 16.3. The van der Waals surface area contributed by atoms with E-state index >= 15 is 0 Å². The minimum atomic E-state index is -0.920. The van der Waals surface area contributed by atoms with Crippen molar-refractivity contribution in [3.63, 3.8) is 0 Å². The minimum absolute atomic E-state index is 0.0620. The maximum atomic E-state index is 12.9. The van der Waals surface area contributed by atoms with Gasteiger partial charge in [0, 0.05) is 17.4 Å². The highest BCUT2D eigenvalue weighted by molar-refractivity contribution is 5.99. The summed E-state index contributed by atoms with van der Waals surface area (Å²) in [5, 5.41) is 32.1. The van der Waals surface area contributed by atoms with E-state index in [-0.39, 0.29) is 46.3 Å². The van der Waals surface area contributed by atoms with Crippen LogP contribution in [0.5, 0.6) is 0 Å². The predicted octanol–water partition coefficient (Wildman–Crippen LogP) is 4.53. The topological polar surface area (TPSA) is 94.8 Å². The summed E-state index contributed by atoms with van der Waals surface area (Å²) in [5.74, 6) is 0.663. The van der Waals surface area contributed by atoms with Gasteiger partial charge in [-0.15, -0.1) is 0 Å². The Morgan fingerprint density at radius 3 is 2.32 bits per heavy atom. The standard InChI is InChI=1S/C29H44O5/c1-17(31)7-8-19-11-13-28(5)20(24(19)18(2)32)9-10-23-26(3)15-21(33)25(34)27(4,16-30)22(26)12-14-29(23,28)6/h9,21-23,25,30,33-34H,7-8,10-16H2,1-6H3/t21-,22-,23-,25-,26+,27-,28-,29-/m1/s1. The van der Waals surface area contributed by atoms with Crippen molar-refractivity contribution in [1.82, 2.24) is 0 Å². The van der Waals surface area contributed by atoms with E-state index < -0.39 is 17.6 Å². The Bertz CT molecular complexity index is 948. The Morgan fingerprint density at radius 2 is 1.74 bits per heavy atom. The average molecular weight is 473 g/mol. The Morgan fingerprint density at radius 1 is 1.06 bits per heavy atom. The third kappa shape index (κ3) is 3.37. The van der Waals surface area contributed by atoms with Gasteiger partial charge in [0.05, 0.1) is 18.8 Å². The monoisotopic (exact) mass is 472 g/mol. The lowest BCUT2D eigenvalue weighted by molar-refractivity contribution is -0.239. The minimum Gasteiger partial charge on any atom is -0.396 e. The molecule has 34 heavy (non-hydrogen) atoms. The Kier molecular flexibility index (Phi) is 6.36. The van der Waals surface area contributed by atoms with E-state index in [0.717, 1.165) is 43.3 Å². The lowest BCUT2D eigenvalue weighted by atomic mass is 9.35. The largest absolute Gasteiger partial charge is 0.396 e. The number of carbonyl (C=O) groups is 2. The molecule has 0 bridgehead atoms. The van der Waals surface area contributed by atoms with E-state index in [1.807, 2.05) is 6.92 Å². The van der Waals surface area contributed by atoms with Crippen molar-refractivity contribution in [2.24, 2.45) is 33.5 Å². The molecule has 0 unspecified atom stereocenters. The summed E-state index contributed by atoms with van der Waals surface area (Å²) in [7, 11) is 0. The van der Waals surface area contributed by atoms with Gasteiger partial charge in [0.2, 0.25) is 0 Å². The smallest absolute Gasteiger partial charge is 0.160 e. The van der Waals surface area contributed by atoms with Crippen LogP contribution in [0, 0.1) is 33.5 Å². The van der Waals surface area contributed by atoms with Gasteiger partial charge < -0.3 is 20.1 Å². The average Bonchev–Trinajstić information content (AvgIpc) is 2.75. The summed E-state index contributed by atoms with van der Waals surface area (Å²) in [4.78, 5) is 24.6. The lowest BCUT2D eigenvalue weighted by Gasteiger charge is -2.69. The van der Waals surface area contributed by atoms with E-state index in [2.05, 4.69) is 26.8 Å². The number of fused-ring (bicyclic) bond motifs is 5. The maximum Gasteiger partial charge on any atom is 0.160 e. The van der Waals surface area contributed by atoms with Crippen molar-refractivity contribution >= 4 is 11.6 Å². The van der Waals surface area contributed by atoms with Crippen LogP contribution < -0.4 is 0 Å². The van der Waals surface area contributed by atoms with Gasteiger partial charge in [-0.3, -0.25) is 4.79 Å². The third-order valence-corrected chi connectivity index (χ3v) is 11.2. The number of carbonyl (C=O) groups excluding carboxylic acids is 2. The summed E-state index contributed by atoms with van der Waals surface area (Å²) < 4.78 is 0. The van der Waals surface area contributed by atoms with Crippen LogP contribution in [0.2, 0.25) is 0 Å². The molecule has 0 heterocycles. The molecule has 2 fully saturated rings. The fourth-order valence-corrected chi connectivity index (χ4v) is 9.19. The van der Waals surface area contributed by atoms with Gasteiger partial charge >= 0.3 is 0 Å². The summed E-state index contributed by atoms with van der Waals surface area (Å²) in [6, 6.07) is 0. The van der Waals surface area contributed by atoms with Gasteiger partial charge in [-0.2, -0.15) is 0 Å². The number of Topliss-reactive ketones (excluding diaryl/α,β-unsaturated/α-hetero) is 2. The molecule has 0 aromatic carbocycles. The second-order valence-electron chi connectivity index (χ2n) is 12.9. The van der Waals surface area contributed by atoms with Gasteiger partial charge in [0.25, 0.3) is 0 Å². The highest BCUT2D eigenvalue weighted by Gasteiger charge is 2.68. The number of ketones is 2. The molecule has 0 aliphatic heterocycles. The molecule has 0 spiro atoms. The van der Waals surface area contributed by atoms with Crippen molar-refractivity contribution in [3.8, 4) is 0 Å². The fourth-order valence-electron chi connectivity index (χ4n) is 9.19. The molecular formula is C29H44O5. The maximum absolute atomic E-state index is 12.9. The zero-order valence-electron chi connectivity index (χ0n) is 21.9. The van der Waals surface area contributed by atoms with Crippen molar-refractivity contribution < 1.29 is 24.9 Å². The lowest BCUT2D eigenvalue weighted by Crippen LogP contribution is -2.67. The van der Waals surface area contributed by atoms with E-state index in [1.54, 1.807) is 13.8 Å². The Balaban J connectivity index is 1.81. The molecule has 2 saturated carbocycles. The SMILES string of the molecule is CC(=O)CCC1=C(C(C)=O)C2=CC[C@@H]3[C@@]4(C)C[C@@H](O)[C@@H](O)[C@](C)(CO)[C@@H]4CC[C@@]3(C)[C@]2(C)CC1. The van der Waals surface area contributed by atoms with Gasteiger partial charge in [0.1, 0.15) is 5.78 Å². The molecule has 5 heteroatoms. The van der Waals surface area contributed by atoms with Gasteiger partial charge in [0.15, 0.2) is 5.78 Å². The van der Waals surface area contributed by atoms with Crippen molar-refractivity contribution in [1.29, 1.82) is 0 Å². The van der Waals surface area contributed by atoms with Gasteiger partial charge in [-0.05, 0) is 92.4 Å². The van der Waals surface area contributed by atoms with Crippen LogP contribution in [0.3, 0.4) is 0 Å². The first-order chi connectivity index (χ1) is 15.8. The molecule has 5 nitrogen and oxygen atoms in total. The zero-order chi connectivity index (χ0) is 25.3. The predicted molar refractivity (Wildman–Crippen MR) is 132 cm³/mol. The first-order valence-electron chi connectivity index (χ1n) is 13.2. The summed E-state index contributed by atoms with van der Waals surface area (Å²) in [6.45, 7) is 12.1. The van der Waals surface area contributed by atoms with Crippen LogP contribution in [0.15, 0.2) is 22.8 Å². The molecule has 8 atom stereocenters. The second-order valence-corrected chi connectivity index (χ2v) is 12.9. The molecule has 4 aliphatic carbocycles. The first kappa shape index (κ1) is 25.8. The second kappa shape index (κ2) is 8.38. The van der Waals surface area contributed by atoms with Crippen LogP contribution in [-0.2, 0) is 9.59 Å². The summed E-state index contributed by atoms with van der Waals surface area (Å²) >= 11 is 0. The number of rotatable bonds is 5. The third-order valence-electron chi connectivity index (χ3n) is 11.2. The number of allylic oxidation sites excluding steroid dienone is 4. The van der Waals surface area contributed by atoms with E-state index in [4.69, 9.17) is 0 Å². The fraction of sp³-hybridized carbons (Fsp3) is 0.793. The zero-order valence-corrected chi connectivity index (χ0v) is 21.9. The molecule has 190 valence electrons. The van der Waals surface area contributed by atoms with E-state index in [9.17, 15) is 24.9 Å². The Hall–Kier alpha value is -1.30. The molecule has 0 aromatic heterocycles. The molecule has 4 aliphatic rings. The van der Waals surface area contributed by atoms with E-state index in [1.165, 1.54) is 5.57 Å². The van der Waals surface area contributed by atoms with Crippen LogP contribution >= 0.6 is 0 Å². The number of aliphatic hydroxyl groups excluding tert-OH is 3. The summed E-state index contributed by atoms with van der Waals surface area (Å²) in [6.07, 6.45) is 6.69. The Labute approximate surface area is 204 Å². The van der Waals surface area contributed by atoms with E-state index in [0.29, 0.717) is 19.3 Å². The molecule has 3 N–H and O–H groups in total. The normalized spacial score (nSPS) is 46.2. The van der Waals surface area contributed by atoms with Crippen molar-refractivity contribution in [2.75, 3.05) is 6.61 Å². The van der Waals surface area contributed by atoms with Gasteiger partial charge in [-0.25, -0.2) is 0 Å². The van der Waals surface area contributed by atoms with Crippen LogP contribution in [0.1, 0.15) is 92.9 Å². The molecule has 0 aromatic rings. The molecular weight excluding hydrogens is 428 g/mol. The van der Waals surface area contributed by atoms with Crippen molar-refractivity contribution in [2.45, 2.75) is 105 Å². The number of hydrogen-bond donors (Lipinski definition) is 3.